The predicted octanol–water partition coefficient (Wildman–Crippen LogP) is 11.7. The minimum atomic E-state index is -0.370. The molecule has 0 radical (unpaired) electrons. The molecule has 1 atom stereocenters. The summed E-state index contributed by atoms with van der Waals surface area (Å²) in [5.41, 5.74) is 9.21. The minimum Gasteiger partial charge on any atom is -0.456 e. The number of hydrogen-bond acceptors (Lipinski definition) is 4. The fourth-order valence-corrected chi connectivity index (χ4v) is 7.36. The first-order valence-corrected chi connectivity index (χ1v) is 17.3. The van der Waals surface area contributed by atoms with Gasteiger partial charge in [0.05, 0.1) is 0 Å². The van der Waals surface area contributed by atoms with Crippen molar-refractivity contribution in [2.75, 3.05) is 0 Å². The largest absolute Gasteiger partial charge is 0.456 e. The van der Waals surface area contributed by atoms with Crippen molar-refractivity contribution in [1.29, 1.82) is 0 Å². The number of nitrogens with zero attached hydrogens (tertiary/aromatic N) is 2. The summed E-state index contributed by atoms with van der Waals surface area (Å²) in [5.74, 6) is 1.44. The van der Waals surface area contributed by atoms with Crippen molar-refractivity contribution in [1.82, 2.24) is 5.32 Å². The van der Waals surface area contributed by atoms with Crippen molar-refractivity contribution in [3.05, 3.63) is 193 Å². The van der Waals surface area contributed by atoms with Crippen molar-refractivity contribution in [3.8, 4) is 22.3 Å². The van der Waals surface area contributed by atoms with E-state index >= 15 is 0 Å². The van der Waals surface area contributed by atoms with Crippen LogP contribution in [0.4, 0.5) is 0 Å². The van der Waals surface area contributed by atoms with Crippen LogP contribution in [0.1, 0.15) is 22.9 Å². The zero-order chi connectivity index (χ0) is 33.7. The van der Waals surface area contributed by atoms with Crippen LogP contribution in [0.3, 0.4) is 0 Å². The average Bonchev–Trinajstić information content (AvgIpc) is 3.59. The van der Waals surface area contributed by atoms with Gasteiger partial charge < -0.3 is 9.73 Å². The molecule has 0 amide bonds. The molecule has 0 bridgehead atoms. The number of fused-ring (bicyclic) bond motifs is 5. The van der Waals surface area contributed by atoms with E-state index in [1.165, 1.54) is 27.3 Å². The van der Waals surface area contributed by atoms with Crippen molar-refractivity contribution >= 4 is 55.2 Å². The molecule has 0 saturated heterocycles. The lowest BCUT2D eigenvalue weighted by Gasteiger charge is -2.25. The number of hydrogen-bond donors (Lipinski definition) is 1. The van der Waals surface area contributed by atoms with Crippen molar-refractivity contribution < 1.29 is 4.42 Å². The Morgan fingerprint density at radius 2 is 1.10 bits per heavy atom. The highest BCUT2D eigenvalue weighted by Gasteiger charge is 2.27. The SMILES string of the molecule is c1ccc(-c2ccc(-c3ccc4oc5ccccc5c4c3C3=NC(c4ccc5ccccc5c4)=NC(c4ccc5ccccc5c4)N3)cc2)cc1. The van der Waals surface area contributed by atoms with Crippen LogP contribution in [0, 0.1) is 0 Å². The molecule has 0 saturated carbocycles. The smallest absolute Gasteiger partial charge is 0.159 e. The molecule has 1 unspecified atom stereocenters. The third kappa shape index (κ3) is 5.17. The van der Waals surface area contributed by atoms with Gasteiger partial charge in [0.1, 0.15) is 23.2 Å². The molecule has 0 aliphatic carbocycles. The molecule has 4 heteroatoms. The van der Waals surface area contributed by atoms with Crippen LogP contribution in [0.5, 0.6) is 0 Å². The molecule has 1 aromatic heterocycles. The monoisotopic (exact) mass is 653 g/mol. The van der Waals surface area contributed by atoms with E-state index in [0.717, 1.165) is 61.0 Å². The van der Waals surface area contributed by atoms with Gasteiger partial charge in [-0.05, 0) is 79.7 Å². The Morgan fingerprint density at radius 3 is 1.90 bits per heavy atom. The van der Waals surface area contributed by atoms with Gasteiger partial charge in [0.15, 0.2) is 5.84 Å². The van der Waals surface area contributed by atoms with Gasteiger partial charge in [-0.2, -0.15) is 0 Å². The fourth-order valence-electron chi connectivity index (χ4n) is 7.36. The van der Waals surface area contributed by atoms with Crippen LogP contribution in [-0.4, -0.2) is 11.7 Å². The Morgan fingerprint density at radius 1 is 0.471 bits per heavy atom. The number of aliphatic imine (C=N–C) groups is 2. The summed E-state index contributed by atoms with van der Waals surface area (Å²) >= 11 is 0. The maximum absolute atomic E-state index is 6.46. The summed E-state index contributed by atoms with van der Waals surface area (Å²) in [5, 5.41) is 10.6. The molecule has 4 nitrogen and oxygen atoms in total. The number of nitrogens with one attached hydrogen (secondary N) is 1. The summed E-state index contributed by atoms with van der Waals surface area (Å²) in [6, 6.07) is 61.7. The molecule has 9 aromatic rings. The lowest BCUT2D eigenvalue weighted by atomic mass is 9.92. The Hall–Kier alpha value is -6.78. The standard InChI is InChI=1S/C47H31N3O/c1-2-10-30(11-3-1)33-18-22-34(23-19-33)39-26-27-42-43(40-16-8-9-17-41(40)51-42)44(39)47-49-45(37-24-20-31-12-4-6-14-35(31)28-37)48-46(50-47)38-25-21-32-13-5-7-15-36(32)29-38/h1-29,45H,(H,48,49,50). The molecule has 8 aromatic carbocycles. The molecule has 0 spiro atoms. The Balaban J connectivity index is 1.20. The van der Waals surface area contributed by atoms with Gasteiger partial charge in [-0.25, -0.2) is 9.98 Å². The summed E-state index contributed by atoms with van der Waals surface area (Å²) in [6.07, 6.45) is -0.370. The maximum atomic E-state index is 6.46. The highest BCUT2D eigenvalue weighted by molar-refractivity contribution is 6.24. The Labute approximate surface area is 295 Å². The predicted molar refractivity (Wildman–Crippen MR) is 211 cm³/mol. The van der Waals surface area contributed by atoms with Gasteiger partial charge >= 0.3 is 0 Å². The van der Waals surface area contributed by atoms with Crippen LogP contribution < -0.4 is 5.32 Å². The first kappa shape index (κ1) is 29.2. The molecular weight excluding hydrogens is 623 g/mol. The van der Waals surface area contributed by atoms with Gasteiger partial charge in [-0.1, -0.05) is 146 Å². The minimum absolute atomic E-state index is 0.370. The van der Waals surface area contributed by atoms with Crippen LogP contribution in [-0.2, 0) is 0 Å². The van der Waals surface area contributed by atoms with E-state index in [1.54, 1.807) is 0 Å². The topological polar surface area (TPSA) is 49.9 Å². The highest BCUT2D eigenvalue weighted by atomic mass is 16.3. The summed E-state index contributed by atoms with van der Waals surface area (Å²) in [6.45, 7) is 0. The lowest BCUT2D eigenvalue weighted by Crippen LogP contribution is -2.34. The van der Waals surface area contributed by atoms with E-state index < -0.39 is 0 Å². The van der Waals surface area contributed by atoms with Gasteiger partial charge in [-0.3, -0.25) is 0 Å². The van der Waals surface area contributed by atoms with Crippen LogP contribution >= 0.6 is 0 Å². The maximum Gasteiger partial charge on any atom is 0.159 e. The van der Waals surface area contributed by atoms with Gasteiger partial charge in [0.25, 0.3) is 0 Å². The summed E-state index contributed by atoms with van der Waals surface area (Å²) in [7, 11) is 0. The molecule has 1 N–H and O–H groups in total. The fraction of sp³-hybridized carbons (Fsp3) is 0.0213. The Bertz CT molecular complexity index is 2830. The number of benzene rings is 8. The second kappa shape index (κ2) is 12.0. The van der Waals surface area contributed by atoms with Gasteiger partial charge in [0, 0.05) is 21.9 Å². The number of para-hydroxylation sites is 1. The van der Waals surface area contributed by atoms with Crippen molar-refractivity contribution in [2.45, 2.75) is 6.17 Å². The van der Waals surface area contributed by atoms with Crippen LogP contribution in [0.2, 0.25) is 0 Å². The van der Waals surface area contributed by atoms with Crippen LogP contribution in [0.15, 0.2) is 190 Å². The van der Waals surface area contributed by atoms with E-state index in [-0.39, 0.29) is 6.17 Å². The first-order chi connectivity index (χ1) is 25.2. The molecule has 240 valence electrons. The quantitative estimate of drug-likeness (QED) is 0.201. The number of rotatable bonds is 5. The molecule has 10 rings (SSSR count). The van der Waals surface area contributed by atoms with E-state index in [4.69, 9.17) is 14.4 Å². The molecule has 1 aliphatic rings. The lowest BCUT2D eigenvalue weighted by molar-refractivity contribution is 0.668. The van der Waals surface area contributed by atoms with E-state index in [2.05, 4.69) is 163 Å². The molecular formula is C47H31N3O. The number of furan rings is 1. The van der Waals surface area contributed by atoms with Crippen LogP contribution in [0.25, 0.3) is 65.7 Å². The average molecular weight is 654 g/mol. The van der Waals surface area contributed by atoms with Crippen molar-refractivity contribution in [3.63, 3.8) is 0 Å². The van der Waals surface area contributed by atoms with E-state index in [9.17, 15) is 0 Å². The third-order valence-corrected chi connectivity index (χ3v) is 9.92. The zero-order valence-corrected chi connectivity index (χ0v) is 27.6. The molecule has 2 heterocycles. The van der Waals surface area contributed by atoms with Gasteiger partial charge in [0.2, 0.25) is 0 Å². The second-order valence-corrected chi connectivity index (χ2v) is 13.0. The van der Waals surface area contributed by atoms with E-state index in [1.807, 2.05) is 18.2 Å². The third-order valence-electron chi connectivity index (χ3n) is 9.92. The Kier molecular flexibility index (Phi) is 6.85. The molecule has 51 heavy (non-hydrogen) atoms. The summed E-state index contributed by atoms with van der Waals surface area (Å²) < 4.78 is 6.46. The first-order valence-electron chi connectivity index (χ1n) is 17.3. The summed E-state index contributed by atoms with van der Waals surface area (Å²) in [4.78, 5) is 10.7. The van der Waals surface area contributed by atoms with Gasteiger partial charge in [-0.15, -0.1) is 0 Å². The molecule has 0 fully saturated rings. The zero-order valence-electron chi connectivity index (χ0n) is 27.6. The van der Waals surface area contributed by atoms with E-state index in [0.29, 0.717) is 5.84 Å². The van der Waals surface area contributed by atoms with Crippen molar-refractivity contribution in [2.24, 2.45) is 9.98 Å². The molecule has 1 aliphatic heterocycles. The normalized spacial score (nSPS) is 14.5. The second-order valence-electron chi connectivity index (χ2n) is 13.0. The number of amidine groups is 2. The highest BCUT2D eigenvalue weighted by Crippen LogP contribution is 2.39.